The summed E-state index contributed by atoms with van der Waals surface area (Å²) in [5, 5.41) is 9.82. The molecule has 1 saturated heterocycles. The Labute approximate surface area is 152 Å². The summed E-state index contributed by atoms with van der Waals surface area (Å²) in [7, 11) is 0. The molecule has 122 valence electrons. The average Bonchev–Trinajstić information content (AvgIpc) is 2.79. The van der Waals surface area contributed by atoms with Gasteiger partial charge >= 0.3 is 0 Å². The van der Waals surface area contributed by atoms with Crippen LogP contribution in [0.15, 0.2) is 47.4 Å². The van der Waals surface area contributed by atoms with E-state index in [2.05, 4.69) is 0 Å². The van der Waals surface area contributed by atoms with E-state index in [0.29, 0.717) is 15.5 Å². The van der Waals surface area contributed by atoms with E-state index in [1.165, 1.54) is 17.0 Å². The lowest BCUT2D eigenvalue weighted by Crippen LogP contribution is -2.27. The molecule has 0 radical (unpaired) electrons. The minimum Gasteiger partial charge on any atom is -0.506 e. The molecular weight excluding hydrogens is 369 g/mol. The Balaban J connectivity index is 1.83. The molecule has 4 nitrogen and oxygen atoms in total. The Morgan fingerprint density at radius 1 is 1.12 bits per heavy atom. The van der Waals surface area contributed by atoms with Gasteiger partial charge in [-0.05, 0) is 53.2 Å². The zero-order chi connectivity index (χ0) is 17.3. The number of imide groups is 1. The summed E-state index contributed by atoms with van der Waals surface area (Å²) in [4.78, 5) is 26.1. The summed E-state index contributed by atoms with van der Waals surface area (Å²) >= 11 is 12.7. The standard InChI is InChI=1S/C17H11Cl2NO3S/c18-12-3-1-2-11(6-12)9-20-16(22)15(24-17(20)23)8-10-4-5-14(21)13(19)7-10/h1-8,21H,9H2/b15-8-. The Kier molecular flexibility index (Phi) is 4.85. The van der Waals surface area contributed by atoms with Gasteiger partial charge < -0.3 is 5.11 Å². The summed E-state index contributed by atoms with van der Waals surface area (Å²) in [6, 6.07) is 11.6. The highest BCUT2D eigenvalue weighted by Crippen LogP contribution is 2.34. The van der Waals surface area contributed by atoms with E-state index in [-0.39, 0.29) is 28.5 Å². The van der Waals surface area contributed by atoms with Crippen LogP contribution in [0.2, 0.25) is 10.0 Å². The lowest BCUT2D eigenvalue weighted by Gasteiger charge is -2.12. The van der Waals surface area contributed by atoms with Gasteiger partial charge in [0.25, 0.3) is 11.1 Å². The lowest BCUT2D eigenvalue weighted by molar-refractivity contribution is -0.123. The number of aromatic hydroxyl groups is 1. The van der Waals surface area contributed by atoms with Crippen LogP contribution in [0.5, 0.6) is 5.75 Å². The summed E-state index contributed by atoms with van der Waals surface area (Å²) in [6.07, 6.45) is 1.58. The van der Waals surface area contributed by atoms with Gasteiger partial charge in [-0.1, -0.05) is 41.4 Å². The van der Waals surface area contributed by atoms with Crippen LogP contribution in [-0.4, -0.2) is 21.2 Å². The summed E-state index contributed by atoms with van der Waals surface area (Å²) < 4.78 is 0. The summed E-state index contributed by atoms with van der Waals surface area (Å²) in [5.74, 6) is -0.406. The van der Waals surface area contributed by atoms with Gasteiger partial charge in [0.15, 0.2) is 0 Å². The van der Waals surface area contributed by atoms with Crippen LogP contribution in [0.4, 0.5) is 4.79 Å². The van der Waals surface area contributed by atoms with Crippen molar-refractivity contribution >= 4 is 52.2 Å². The first-order chi connectivity index (χ1) is 11.4. The third kappa shape index (κ3) is 3.59. The molecule has 1 aliphatic rings. The van der Waals surface area contributed by atoms with Gasteiger partial charge in [0.2, 0.25) is 0 Å². The quantitative estimate of drug-likeness (QED) is 0.767. The van der Waals surface area contributed by atoms with E-state index in [0.717, 1.165) is 17.3 Å². The zero-order valence-electron chi connectivity index (χ0n) is 12.2. The highest BCUT2D eigenvalue weighted by atomic mass is 35.5. The van der Waals surface area contributed by atoms with E-state index in [1.54, 1.807) is 36.4 Å². The van der Waals surface area contributed by atoms with Gasteiger partial charge in [-0.3, -0.25) is 14.5 Å². The largest absolute Gasteiger partial charge is 0.506 e. The molecule has 2 aromatic rings. The van der Waals surface area contributed by atoms with Gasteiger partial charge in [-0.25, -0.2) is 0 Å². The van der Waals surface area contributed by atoms with Crippen LogP contribution < -0.4 is 0 Å². The van der Waals surface area contributed by atoms with Crippen LogP contribution in [0.3, 0.4) is 0 Å². The molecule has 0 spiro atoms. The maximum Gasteiger partial charge on any atom is 0.293 e. The van der Waals surface area contributed by atoms with Crippen molar-refractivity contribution in [1.82, 2.24) is 4.90 Å². The third-order valence-electron chi connectivity index (χ3n) is 3.37. The number of hydrogen-bond acceptors (Lipinski definition) is 4. The predicted octanol–water partition coefficient (Wildman–Crippen LogP) is 4.94. The molecule has 1 heterocycles. The summed E-state index contributed by atoms with van der Waals surface area (Å²) in [6.45, 7) is 0.166. The number of carbonyl (C=O) groups is 2. The fourth-order valence-electron chi connectivity index (χ4n) is 2.22. The van der Waals surface area contributed by atoms with E-state index in [1.807, 2.05) is 0 Å². The van der Waals surface area contributed by atoms with E-state index in [4.69, 9.17) is 23.2 Å². The summed E-state index contributed by atoms with van der Waals surface area (Å²) in [5.41, 5.74) is 1.41. The topological polar surface area (TPSA) is 57.6 Å². The number of benzene rings is 2. The number of rotatable bonds is 3. The van der Waals surface area contributed by atoms with Crippen LogP contribution in [0.25, 0.3) is 6.08 Å². The molecule has 1 fully saturated rings. The molecule has 0 saturated carbocycles. The molecule has 1 N–H and O–H groups in total. The number of thioether (sulfide) groups is 1. The smallest absolute Gasteiger partial charge is 0.293 e. The number of carbonyl (C=O) groups excluding carboxylic acids is 2. The molecule has 24 heavy (non-hydrogen) atoms. The van der Waals surface area contributed by atoms with Crippen molar-refractivity contribution < 1.29 is 14.7 Å². The predicted molar refractivity (Wildman–Crippen MR) is 96.1 cm³/mol. The van der Waals surface area contributed by atoms with Crippen LogP contribution in [-0.2, 0) is 11.3 Å². The van der Waals surface area contributed by atoms with Gasteiger partial charge in [0, 0.05) is 5.02 Å². The number of phenols is 1. The lowest BCUT2D eigenvalue weighted by atomic mass is 10.2. The second-order valence-corrected chi connectivity index (χ2v) is 6.95. The molecule has 7 heteroatoms. The van der Waals surface area contributed by atoms with Crippen molar-refractivity contribution in [3.63, 3.8) is 0 Å². The Bertz CT molecular complexity index is 867. The second-order valence-electron chi connectivity index (χ2n) is 5.11. The molecule has 2 aromatic carbocycles. The van der Waals surface area contributed by atoms with Gasteiger partial charge in [-0.2, -0.15) is 0 Å². The number of phenolic OH excluding ortho intramolecular Hbond substituents is 1. The fourth-order valence-corrected chi connectivity index (χ4v) is 3.46. The Morgan fingerprint density at radius 3 is 2.62 bits per heavy atom. The van der Waals surface area contributed by atoms with Crippen molar-refractivity contribution in [2.45, 2.75) is 6.54 Å². The van der Waals surface area contributed by atoms with Crippen molar-refractivity contribution in [2.75, 3.05) is 0 Å². The second kappa shape index (κ2) is 6.89. The first-order valence-electron chi connectivity index (χ1n) is 6.92. The number of halogens is 2. The first-order valence-corrected chi connectivity index (χ1v) is 8.49. The number of amides is 2. The molecule has 0 bridgehead atoms. The Morgan fingerprint density at radius 2 is 1.92 bits per heavy atom. The average molecular weight is 380 g/mol. The SMILES string of the molecule is O=C1S/C(=C\c2ccc(O)c(Cl)c2)C(=O)N1Cc1cccc(Cl)c1. The van der Waals surface area contributed by atoms with Crippen LogP contribution in [0, 0.1) is 0 Å². The third-order valence-corrected chi connectivity index (χ3v) is 4.82. The molecule has 2 amide bonds. The van der Waals surface area contributed by atoms with Gasteiger partial charge in [0.05, 0.1) is 16.5 Å². The van der Waals surface area contributed by atoms with E-state index < -0.39 is 0 Å². The molecule has 0 aliphatic carbocycles. The van der Waals surface area contributed by atoms with Gasteiger partial charge in [-0.15, -0.1) is 0 Å². The normalized spacial score (nSPS) is 16.2. The Hall–Kier alpha value is -1.95. The molecule has 0 atom stereocenters. The first kappa shape index (κ1) is 16.9. The maximum atomic E-state index is 12.5. The number of nitrogens with zero attached hydrogens (tertiary/aromatic N) is 1. The minimum atomic E-state index is -0.367. The highest BCUT2D eigenvalue weighted by Gasteiger charge is 2.35. The molecular formula is C17H11Cl2NO3S. The van der Waals surface area contributed by atoms with Gasteiger partial charge in [0.1, 0.15) is 5.75 Å². The van der Waals surface area contributed by atoms with Crippen molar-refractivity contribution in [3.05, 3.63) is 68.5 Å². The van der Waals surface area contributed by atoms with Crippen LogP contribution in [0.1, 0.15) is 11.1 Å². The van der Waals surface area contributed by atoms with Crippen LogP contribution >= 0.6 is 35.0 Å². The van der Waals surface area contributed by atoms with E-state index in [9.17, 15) is 14.7 Å². The zero-order valence-corrected chi connectivity index (χ0v) is 14.5. The minimum absolute atomic E-state index is 0.0390. The molecule has 1 aliphatic heterocycles. The molecule has 3 rings (SSSR count). The molecule has 0 aromatic heterocycles. The maximum absolute atomic E-state index is 12.5. The van der Waals surface area contributed by atoms with Crippen molar-refractivity contribution in [3.8, 4) is 5.75 Å². The monoisotopic (exact) mass is 379 g/mol. The fraction of sp³-hybridized carbons (Fsp3) is 0.0588. The molecule has 0 unspecified atom stereocenters. The van der Waals surface area contributed by atoms with Crippen molar-refractivity contribution in [2.24, 2.45) is 0 Å². The van der Waals surface area contributed by atoms with Crippen molar-refractivity contribution in [1.29, 1.82) is 0 Å². The van der Waals surface area contributed by atoms with E-state index >= 15 is 0 Å². The highest BCUT2D eigenvalue weighted by molar-refractivity contribution is 8.18. The number of hydrogen-bond donors (Lipinski definition) is 1.